The van der Waals surface area contributed by atoms with Gasteiger partial charge in [0.05, 0.1) is 5.69 Å². The molecule has 3 unspecified atom stereocenters. The Balaban J connectivity index is 1.34. The number of aromatic nitrogens is 2. The van der Waals surface area contributed by atoms with Gasteiger partial charge in [-0.2, -0.15) is 0 Å². The van der Waals surface area contributed by atoms with Gasteiger partial charge in [0.25, 0.3) is 0 Å². The molecule has 2 aliphatic heterocycles. The molecule has 170 valence electrons. The number of halogens is 1. The Bertz CT molecular complexity index is 973. The summed E-state index contributed by atoms with van der Waals surface area (Å²) in [6.07, 6.45) is 7.03. The number of fused-ring (bicyclic) bond motifs is 1. The van der Waals surface area contributed by atoms with Crippen LogP contribution in [0.5, 0.6) is 0 Å². The van der Waals surface area contributed by atoms with Crippen LogP contribution in [0.15, 0.2) is 30.5 Å². The molecule has 32 heavy (non-hydrogen) atoms. The number of benzene rings is 1. The third kappa shape index (κ3) is 3.97. The maximum absolute atomic E-state index is 13.5. The molecule has 7 nitrogen and oxygen atoms in total. The summed E-state index contributed by atoms with van der Waals surface area (Å²) in [4.78, 5) is 26.5. The zero-order valence-electron chi connectivity index (χ0n) is 18.7. The second-order valence-corrected chi connectivity index (χ2v) is 9.44. The molecule has 0 bridgehead atoms. The summed E-state index contributed by atoms with van der Waals surface area (Å²) >= 11 is 0. The van der Waals surface area contributed by atoms with Gasteiger partial charge in [0.1, 0.15) is 11.9 Å². The number of carbonyl (C=O) groups is 1. The van der Waals surface area contributed by atoms with Crippen molar-refractivity contribution in [2.75, 3.05) is 32.1 Å². The van der Waals surface area contributed by atoms with E-state index in [2.05, 4.69) is 15.8 Å². The Morgan fingerprint density at radius 3 is 2.56 bits per heavy atom. The van der Waals surface area contributed by atoms with Gasteiger partial charge in [-0.25, -0.2) is 19.8 Å². The standard InChI is InChI=1S/C24H31FN6O/c1-30(2)24-26-14-19(15-6-8-17(25)9-7-15)21(27-24)16-10-12-31(13-11-16)23(32)22-18-4-3-5-20(18)28-29-22/h6-9,14,16,18,20,22,28-29H,3-5,10-13H2,1-2H3. The second-order valence-electron chi connectivity index (χ2n) is 9.44. The fourth-order valence-electron chi connectivity index (χ4n) is 5.45. The highest BCUT2D eigenvalue weighted by atomic mass is 19.1. The molecule has 2 aromatic rings. The monoisotopic (exact) mass is 438 g/mol. The number of amides is 1. The first-order valence-corrected chi connectivity index (χ1v) is 11.6. The Kier molecular flexibility index (Phi) is 5.82. The minimum absolute atomic E-state index is 0.103. The minimum Gasteiger partial charge on any atom is -0.347 e. The summed E-state index contributed by atoms with van der Waals surface area (Å²) in [6, 6.07) is 6.83. The molecule has 8 heteroatoms. The number of hydrogen-bond donors (Lipinski definition) is 2. The first-order chi connectivity index (χ1) is 15.5. The summed E-state index contributed by atoms with van der Waals surface area (Å²) in [5, 5.41) is 0. The van der Waals surface area contributed by atoms with Crippen LogP contribution in [0.2, 0.25) is 0 Å². The zero-order chi connectivity index (χ0) is 22.2. The van der Waals surface area contributed by atoms with Gasteiger partial charge in [-0.15, -0.1) is 0 Å². The van der Waals surface area contributed by atoms with Crippen molar-refractivity contribution in [3.8, 4) is 11.1 Å². The van der Waals surface area contributed by atoms with Crippen molar-refractivity contribution in [3.05, 3.63) is 42.0 Å². The van der Waals surface area contributed by atoms with Gasteiger partial charge in [0.2, 0.25) is 11.9 Å². The highest BCUT2D eigenvalue weighted by Gasteiger charge is 2.44. The number of likely N-dealkylation sites (tertiary alicyclic amines) is 1. The van der Waals surface area contributed by atoms with E-state index in [1.165, 1.54) is 18.6 Å². The number of nitrogens with one attached hydrogen (secondary N) is 2. The van der Waals surface area contributed by atoms with Crippen LogP contribution < -0.4 is 15.8 Å². The molecule has 2 N–H and O–H groups in total. The van der Waals surface area contributed by atoms with Gasteiger partial charge in [0, 0.05) is 56.8 Å². The molecule has 3 fully saturated rings. The van der Waals surface area contributed by atoms with Crippen LogP contribution in [0.3, 0.4) is 0 Å². The number of nitrogens with zero attached hydrogens (tertiary/aromatic N) is 4. The van der Waals surface area contributed by atoms with E-state index in [1.54, 1.807) is 12.1 Å². The largest absolute Gasteiger partial charge is 0.347 e. The van der Waals surface area contributed by atoms with Crippen LogP contribution in [0.4, 0.5) is 10.3 Å². The van der Waals surface area contributed by atoms with E-state index >= 15 is 0 Å². The van der Waals surface area contributed by atoms with Crippen LogP contribution in [-0.4, -0.2) is 60.0 Å². The third-order valence-electron chi connectivity index (χ3n) is 7.24. The van der Waals surface area contributed by atoms with Crippen molar-refractivity contribution < 1.29 is 9.18 Å². The van der Waals surface area contributed by atoms with E-state index in [1.807, 2.05) is 30.1 Å². The molecule has 3 atom stereocenters. The quantitative estimate of drug-likeness (QED) is 0.765. The molecular weight excluding hydrogens is 407 g/mol. The molecule has 3 aliphatic rings. The summed E-state index contributed by atoms with van der Waals surface area (Å²) < 4.78 is 13.5. The molecule has 3 heterocycles. The van der Waals surface area contributed by atoms with E-state index in [9.17, 15) is 9.18 Å². The Hall–Kier alpha value is -2.58. The van der Waals surface area contributed by atoms with Crippen LogP contribution in [-0.2, 0) is 4.79 Å². The predicted molar refractivity (Wildman–Crippen MR) is 121 cm³/mol. The van der Waals surface area contributed by atoms with Crippen LogP contribution >= 0.6 is 0 Å². The molecule has 2 saturated heterocycles. The van der Waals surface area contributed by atoms with E-state index in [4.69, 9.17) is 4.98 Å². The average Bonchev–Trinajstić information content (AvgIpc) is 3.43. The van der Waals surface area contributed by atoms with Crippen molar-refractivity contribution in [2.24, 2.45) is 5.92 Å². The minimum atomic E-state index is -0.257. The lowest BCUT2D eigenvalue weighted by molar-refractivity contribution is -0.135. The van der Waals surface area contributed by atoms with Crippen LogP contribution in [0.25, 0.3) is 11.1 Å². The molecular formula is C24H31FN6O. The lowest BCUT2D eigenvalue weighted by Gasteiger charge is -2.35. The van der Waals surface area contributed by atoms with Crippen LogP contribution in [0.1, 0.15) is 43.7 Å². The third-order valence-corrected chi connectivity index (χ3v) is 7.24. The summed E-state index contributed by atoms with van der Waals surface area (Å²) in [5.41, 5.74) is 9.42. The number of rotatable bonds is 4. The van der Waals surface area contributed by atoms with E-state index in [-0.39, 0.29) is 23.7 Å². The fourth-order valence-corrected chi connectivity index (χ4v) is 5.45. The number of hydrazine groups is 1. The molecule has 1 aliphatic carbocycles. The highest BCUT2D eigenvalue weighted by Crippen LogP contribution is 2.36. The van der Waals surface area contributed by atoms with Gasteiger partial charge >= 0.3 is 0 Å². The normalized spacial score (nSPS) is 25.7. The van der Waals surface area contributed by atoms with Crippen LogP contribution in [0, 0.1) is 11.7 Å². The van der Waals surface area contributed by atoms with Gasteiger partial charge in [0.15, 0.2) is 0 Å². The number of hydrogen-bond acceptors (Lipinski definition) is 6. The Morgan fingerprint density at radius 2 is 1.84 bits per heavy atom. The highest BCUT2D eigenvalue weighted by molar-refractivity contribution is 5.83. The summed E-state index contributed by atoms with van der Waals surface area (Å²) in [6.45, 7) is 1.45. The molecule has 1 saturated carbocycles. The fraction of sp³-hybridized carbons (Fsp3) is 0.542. The average molecular weight is 439 g/mol. The van der Waals surface area contributed by atoms with Gasteiger partial charge in [-0.05, 0) is 43.4 Å². The van der Waals surface area contributed by atoms with Crippen molar-refractivity contribution in [3.63, 3.8) is 0 Å². The maximum Gasteiger partial charge on any atom is 0.241 e. The number of anilines is 1. The Morgan fingerprint density at radius 1 is 1.09 bits per heavy atom. The van der Waals surface area contributed by atoms with Crippen molar-refractivity contribution in [2.45, 2.75) is 50.1 Å². The molecule has 1 aromatic heterocycles. The van der Waals surface area contributed by atoms with Gasteiger partial charge in [-0.3, -0.25) is 10.2 Å². The SMILES string of the molecule is CN(C)c1ncc(-c2ccc(F)cc2)c(C2CCN(C(=O)C3NNC4CCCC43)CC2)n1. The first kappa shape index (κ1) is 21.3. The summed E-state index contributed by atoms with van der Waals surface area (Å²) in [5.74, 6) is 1.27. The molecule has 5 rings (SSSR count). The van der Waals surface area contributed by atoms with Crippen molar-refractivity contribution in [1.82, 2.24) is 25.7 Å². The Labute approximate surface area is 188 Å². The van der Waals surface area contributed by atoms with E-state index in [0.29, 0.717) is 17.9 Å². The summed E-state index contributed by atoms with van der Waals surface area (Å²) in [7, 11) is 3.85. The number of piperidine rings is 1. The van der Waals surface area contributed by atoms with E-state index < -0.39 is 0 Å². The van der Waals surface area contributed by atoms with Gasteiger partial charge in [-0.1, -0.05) is 18.6 Å². The zero-order valence-corrected chi connectivity index (χ0v) is 18.7. The molecule has 1 aromatic carbocycles. The molecule has 0 radical (unpaired) electrons. The van der Waals surface area contributed by atoms with Crippen molar-refractivity contribution >= 4 is 11.9 Å². The smallest absolute Gasteiger partial charge is 0.241 e. The number of carbonyl (C=O) groups excluding carboxylic acids is 1. The first-order valence-electron chi connectivity index (χ1n) is 11.6. The second kappa shape index (κ2) is 8.75. The lowest BCUT2D eigenvalue weighted by atomic mass is 9.88. The topological polar surface area (TPSA) is 73.4 Å². The van der Waals surface area contributed by atoms with Gasteiger partial charge < -0.3 is 9.80 Å². The molecule has 0 spiro atoms. The maximum atomic E-state index is 13.5. The lowest BCUT2D eigenvalue weighted by Crippen LogP contribution is -2.50. The predicted octanol–water partition coefficient (Wildman–Crippen LogP) is 2.70. The van der Waals surface area contributed by atoms with E-state index in [0.717, 1.165) is 55.6 Å². The molecule has 1 amide bonds. The van der Waals surface area contributed by atoms with Crippen molar-refractivity contribution in [1.29, 1.82) is 0 Å².